The molecule has 4 bridgehead atoms. The highest BCUT2D eigenvalue weighted by atomic mass is 19.3. The predicted octanol–water partition coefficient (Wildman–Crippen LogP) is 4.24. The minimum atomic E-state index is -3.32. The number of hydrogen-bond donors (Lipinski definition) is 3. The highest BCUT2D eigenvalue weighted by Crippen LogP contribution is 2.35. The summed E-state index contributed by atoms with van der Waals surface area (Å²) in [7, 11) is 0. The Morgan fingerprint density at radius 2 is 1.83 bits per heavy atom. The summed E-state index contributed by atoms with van der Waals surface area (Å²) in [6.07, 6.45) is -3.86. The van der Waals surface area contributed by atoms with E-state index >= 15 is 0 Å². The number of nitrogens with zero attached hydrogens (tertiary/aromatic N) is 3. The molecule has 2 aliphatic rings. The smallest absolute Gasteiger partial charge is 0.407 e. The Hall–Kier alpha value is -3.90. The van der Waals surface area contributed by atoms with E-state index in [0.29, 0.717) is 27.9 Å². The number of amides is 1. The summed E-state index contributed by atoms with van der Waals surface area (Å²) >= 11 is 0. The van der Waals surface area contributed by atoms with Crippen LogP contribution in [0.1, 0.15) is 39.2 Å². The van der Waals surface area contributed by atoms with Gasteiger partial charge in [-0.1, -0.05) is 51.1 Å². The number of cyclic esters (lactones) is 1. The molecule has 3 aromatic rings. The number of alkyl halides is 2. The lowest BCUT2D eigenvalue weighted by molar-refractivity contribution is -0.148. The number of carboxylic acid groups (broad SMARTS) is 1. The van der Waals surface area contributed by atoms with Crippen LogP contribution in [0, 0.1) is 5.41 Å². The number of hydrogen-bond acceptors (Lipinski definition) is 8. The molecule has 1 saturated heterocycles. The Labute approximate surface area is 241 Å². The van der Waals surface area contributed by atoms with Crippen LogP contribution in [0.4, 0.5) is 13.6 Å². The standard InChI is InChI=1S/C30H34F2N4O6/c1-29(2,3)24-26(37)36-15-19(14-22(36)27(38)39)42-25-23(33-20-9-4-5-10-21(20)34-25)18-8-6-7-17(13-18)11-12-30(31,32)16-41-28(40)35-24/h4-10,13,19,22,24,26,37H,11-12,14-16H2,1-3H3,(H,35,40)(H,38,39)/t19-,22+,24-,26?/m1/s1. The summed E-state index contributed by atoms with van der Waals surface area (Å²) in [5.41, 5.74) is 1.97. The first-order chi connectivity index (χ1) is 19.8. The van der Waals surface area contributed by atoms with Crippen molar-refractivity contribution in [3.05, 3.63) is 54.1 Å². The van der Waals surface area contributed by atoms with Gasteiger partial charge >= 0.3 is 12.1 Å². The van der Waals surface area contributed by atoms with Crippen LogP contribution in [0.25, 0.3) is 22.3 Å². The van der Waals surface area contributed by atoms with Gasteiger partial charge in [-0.05, 0) is 35.6 Å². The first-order valence-corrected chi connectivity index (χ1v) is 13.8. The number of carbonyl (C=O) groups excluding carboxylic acids is 1. The van der Waals surface area contributed by atoms with Gasteiger partial charge in [-0.25, -0.2) is 23.5 Å². The van der Waals surface area contributed by atoms with Crippen molar-refractivity contribution in [1.29, 1.82) is 0 Å². The highest BCUT2D eigenvalue weighted by molar-refractivity contribution is 5.80. The van der Waals surface area contributed by atoms with Gasteiger partial charge in [0.25, 0.3) is 5.92 Å². The zero-order chi connectivity index (χ0) is 30.2. The zero-order valence-electron chi connectivity index (χ0n) is 23.6. The molecule has 2 aromatic carbocycles. The molecule has 3 heterocycles. The van der Waals surface area contributed by atoms with Crippen LogP contribution in [0.15, 0.2) is 48.5 Å². The third kappa shape index (κ3) is 6.44. The number of rotatable bonds is 1. The van der Waals surface area contributed by atoms with E-state index in [2.05, 4.69) is 10.3 Å². The van der Waals surface area contributed by atoms with E-state index < -0.39 is 60.8 Å². The largest absolute Gasteiger partial charge is 0.480 e. The first kappa shape index (κ1) is 29.6. The van der Waals surface area contributed by atoms with Crippen molar-refractivity contribution in [2.75, 3.05) is 13.2 Å². The summed E-state index contributed by atoms with van der Waals surface area (Å²) in [5.74, 6) is -4.34. The molecule has 5 rings (SSSR count). The van der Waals surface area contributed by atoms with E-state index in [1.807, 2.05) is 12.1 Å². The number of aliphatic hydroxyl groups is 1. The average Bonchev–Trinajstić information content (AvgIpc) is 3.36. The van der Waals surface area contributed by atoms with Gasteiger partial charge in [0, 0.05) is 24.9 Å². The van der Waals surface area contributed by atoms with Crippen LogP contribution < -0.4 is 10.1 Å². The Morgan fingerprint density at radius 1 is 1.12 bits per heavy atom. The SMILES string of the molecule is CC(C)(C)[C@@H]1NC(=O)OCC(F)(F)CCc2cccc(c2)-c2nc3ccccc3nc2O[C@@H]2C[C@@H](C(=O)O)N(C2)C1O. The maximum atomic E-state index is 14.8. The van der Waals surface area contributed by atoms with E-state index in [0.717, 1.165) is 0 Å². The fourth-order valence-corrected chi connectivity index (χ4v) is 5.40. The van der Waals surface area contributed by atoms with Gasteiger partial charge in [0.2, 0.25) is 5.88 Å². The van der Waals surface area contributed by atoms with Gasteiger partial charge in [-0.3, -0.25) is 9.69 Å². The number of alkyl carbamates (subject to hydrolysis) is 1. The molecule has 0 saturated carbocycles. The molecule has 5 atom stereocenters. The number of carbonyl (C=O) groups is 2. The third-order valence-corrected chi connectivity index (χ3v) is 7.64. The summed E-state index contributed by atoms with van der Waals surface area (Å²) in [6, 6.07) is 12.0. The minimum Gasteiger partial charge on any atom is -0.480 e. The molecule has 0 radical (unpaired) electrons. The Morgan fingerprint density at radius 3 is 2.52 bits per heavy atom. The number of aromatic nitrogens is 2. The number of carboxylic acids is 1. The lowest BCUT2D eigenvalue weighted by Crippen LogP contribution is -2.59. The molecule has 1 aromatic heterocycles. The molecule has 2 aliphatic heterocycles. The molecule has 3 N–H and O–H groups in total. The topological polar surface area (TPSA) is 134 Å². The summed E-state index contributed by atoms with van der Waals surface area (Å²) < 4.78 is 40.8. The number of fused-ring (bicyclic) bond motifs is 7. The molecular formula is C30H34F2N4O6. The molecule has 224 valence electrons. The molecule has 42 heavy (non-hydrogen) atoms. The molecule has 0 aliphatic carbocycles. The lowest BCUT2D eigenvalue weighted by atomic mass is 9.85. The second kappa shape index (κ2) is 11.4. The van der Waals surface area contributed by atoms with Crippen molar-refractivity contribution in [2.45, 2.75) is 70.4 Å². The van der Waals surface area contributed by atoms with Crippen molar-refractivity contribution < 1.29 is 38.1 Å². The fraction of sp³-hybridized carbons (Fsp3) is 0.467. The second-order valence-electron chi connectivity index (χ2n) is 11.9. The van der Waals surface area contributed by atoms with Crippen molar-refractivity contribution in [2.24, 2.45) is 5.41 Å². The van der Waals surface area contributed by atoms with E-state index in [4.69, 9.17) is 14.5 Å². The van der Waals surface area contributed by atoms with E-state index in [-0.39, 0.29) is 25.3 Å². The maximum absolute atomic E-state index is 14.8. The predicted molar refractivity (Wildman–Crippen MR) is 149 cm³/mol. The molecular weight excluding hydrogens is 550 g/mol. The van der Waals surface area contributed by atoms with Crippen LogP contribution in [-0.4, -0.2) is 80.6 Å². The summed E-state index contributed by atoms with van der Waals surface area (Å²) in [5, 5.41) is 23.9. The minimum absolute atomic E-state index is 0.00419. The molecule has 2 unspecified atom stereocenters. The van der Waals surface area contributed by atoms with Gasteiger partial charge in [-0.2, -0.15) is 0 Å². The second-order valence-corrected chi connectivity index (χ2v) is 11.9. The first-order valence-electron chi connectivity index (χ1n) is 13.8. The maximum Gasteiger partial charge on any atom is 0.407 e. The van der Waals surface area contributed by atoms with Crippen LogP contribution in [0.5, 0.6) is 5.88 Å². The molecule has 12 heteroatoms. The zero-order valence-corrected chi connectivity index (χ0v) is 23.6. The number of halogens is 2. The van der Waals surface area contributed by atoms with Gasteiger partial charge in [0.1, 0.15) is 24.1 Å². The van der Waals surface area contributed by atoms with Crippen molar-refractivity contribution in [3.63, 3.8) is 0 Å². The van der Waals surface area contributed by atoms with Crippen molar-refractivity contribution in [3.8, 4) is 17.1 Å². The number of para-hydroxylation sites is 2. The van der Waals surface area contributed by atoms with Crippen LogP contribution in [0.2, 0.25) is 0 Å². The van der Waals surface area contributed by atoms with Crippen molar-refractivity contribution in [1.82, 2.24) is 20.2 Å². The Balaban J connectivity index is 1.59. The van der Waals surface area contributed by atoms with Gasteiger partial charge < -0.3 is 25.0 Å². The third-order valence-electron chi connectivity index (χ3n) is 7.64. The number of aryl methyl sites for hydroxylation is 1. The van der Waals surface area contributed by atoms with E-state index in [1.54, 1.807) is 57.2 Å². The molecule has 1 fully saturated rings. The lowest BCUT2D eigenvalue weighted by Gasteiger charge is -2.39. The van der Waals surface area contributed by atoms with Crippen LogP contribution >= 0.6 is 0 Å². The molecule has 1 amide bonds. The van der Waals surface area contributed by atoms with Crippen molar-refractivity contribution >= 4 is 23.1 Å². The number of benzene rings is 2. The van der Waals surface area contributed by atoms with Crippen LogP contribution in [0.3, 0.4) is 0 Å². The normalized spacial score (nSPS) is 26.6. The Bertz CT molecular complexity index is 1480. The number of aliphatic hydroxyl groups excluding tert-OH is 1. The number of nitrogens with one attached hydrogen (secondary N) is 1. The summed E-state index contributed by atoms with van der Waals surface area (Å²) in [6.45, 7) is 4.03. The monoisotopic (exact) mass is 584 g/mol. The van der Waals surface area contributed by atoms with E-state index in [9.17, 15) is 28.6 Å². The molecule has 10 nitrogen and oxygen atoms in total. The number of aliphatic carboxylic acids is 1. The van der Waals surface area contributed by atoms with Crippen LogP contribution in [-0.2, 0) is 16.0 Å². The highest BCUT2D eigenvalue weighted by Gasteiger charge is 2.47. The molecule has 0 spiro atoms. The number of ether oxygens (including phenoxy) is 2. The average molecular weight is 585 g/mol. The van der Waals surface area contributed by atoms with E-state index in [1.165, 1.54) is 4.90 Å². The van der Waals surface area contributed by atoms with Gasteiger partial charge in [-0.15, -0.1) is 0 Å². The Kier molecular flexibility index (Phi) is 8.04. The van der Waals surface area contributed by atoms with Gasteiger partial charge in [0.05, 0.1) is 17.1 Å². The summed E-state index contributed by atoms with van der Waals surface area (Å²) in [4.78, 5) is 35.7. The van der Waals surface area contributed by atoms with Gasteiger partial charge in [0.15, 0.2) is 6.61 Å². The fourth-order valence-electron chi connectivity index (χ4n) is 5.40. The quantitative estimate of drug-likeness (QED) is 0.384.